The molecule has 0 atom stereocenters. The van der Waals surface area contributed by atoms with E-state index in [4.69, 9.17) is 0 Å². The monoisotopic (exact) mass is 238 g/mol. The molecule has 1 rings (SSSR count). The van der Waals surface area contributed by atoms with Crippen LogP contribution < -0.4 is 10.9 Å². The molecule has 90 valence electrons. The maximum atomic E-state index is 11.3. The molecule has 0 aromatic carbocycles. The highest BCUT2D eigenvalue weighted by Crippen LogP contribution is 1.93. The van der Waals surface area contributed by atoms with Gasteiger partial charge in [0.1, 0.15) is 0 Å². The van der Waals surface area contributed by atoms with E-state index in [1.807, 2.05) is 5.43 Å². The van der Waals surface area contributed by atoms with Gasteiger partial charge in [-0.05, 0) is 0 Å². The Morgan fingerprint density at radius 1 is 1.29 bits per heavy atom. The highest BCUT2D eigenvalue weighted by atomic mass is 16.5. The average molecular weight is 238 g/mol. The molecule has 1 aromatic rings. The Hall–Kier alpha value is -2.51. The average Bonchev–Trinajstić information content (AvgIpc) is 2.34. The molecule has 2 amide bonds. The van der Waals surface area contributed by atoms with Gasteiger partial charge in [-0.25, -0.2) is 9.78 Å². The van der Waals surface area contributed by atoms with Gasteiger partial charge in [0.2, 0.25) is 5.91 Å². The first kappa shape index (κ1) is 12.6. The van der Waals surface area contributed by atoms with Gasteiger partial charge in [-0.3, -0.25) is 25.4 Å². The molecule has 0 aliphatic heterocycles. The van der Waals surface area contributed by atoms with E-state index in [0.717, 1.165) is 0 Å². The number of rotatable bonds is 3. The summed E-state index contributed by atoms with van der Waals surface area (Å²) >= 11 is 0. The summed E-state index contributed by atoms with van der Waals surface area (Å²) in [5.74, 6) is -1.85. The van der Waals surface area contributed by atoms with Crippen LogP contribution in [0.5, 0.6) is 0 Å². The van der Waals surface area contributed by atoms with Crippen LogP contribution in [0.1, 0.15) is 17.4 Å². The number of nitrogens with zero attached hydrogens (tertiary/aromatic N) is 2. The molecule has 2 N–H and O–H groups in total. The Labute approximate surface area is 96.4 Å². The molecule has 1 aromatic heterocycles. The molecule has 0 aliphatic carbocycles. The Bertz CT molecular complexity index is 420. The van der Waals surface area contributed by atoms with Gasteiger partial charge in [0.25, 0.3) is 5.91 Å². The molecule has 17 heavy (non-hydrogen) atoms. The lowest BCUT2D eigenvalue weighted by atomic mass is 10.4. The predicted molar refractivity (Wildman–Crippen MR) is 54.3 cm³/mol. The smallest absolute Gasteiger partial charge is 0.359 e. The third kappa shape index (κ3) is 4.69. The number of hydrogen-bond donors (Lipinski definition) is 2. The summed E-state index contributed by atoms with van der Waals surface area (Å²) in [7, 11) is 0. The van der Waals surface area contributed by atoms with Gasteiger partial charge in [0, 0.05) is 19.3 Å². The lowest BCUT2D eigenvalue weighted by molar-refractivity contribution is -0.129. The molecule has 0 saturated carbocycles. The van der Waals surface area contributed by atoms with Crippen molar-refractivity contribution in [1.29, 1.82) is 0 Å². The fraction of sp³-hybridized carbons (Fsp3) is 0.222. The molecule has 0 fully saturated rings. The van der Waals surface area contributed by atoms with Crippen molar-refractivity contribution >= 4 is 17.8 Å². The van der Waals surface area contributed by atoms with E-state index in [0.29, 0.717) is 0 Å². The van der Waals surface area contributed by atoms with Crippen molar-refractivity contribution in [2.75, 3.05) is 6.61 Å². The molecule has 0 aliphatic rings. The van der Waals surface area contributed by atoms with E-state index in [9.17, 15) is 14.4 Å². The van der Waals surface area contributed by atoms with Crippen molar-refractivity contribution < 1.29 is 19.1 Å². The fourth-order valence-corrected chi connectivity index (χ4v) is 0.803. The number of carbonyl (C=O) groups is 3. The van der Waals surface area contributed by atoms with Crippen molar-refractivity contribution in [3.05, 3.63) is 24.3 Å². The SMILES string of the molecule is CC(=O)NNC(=O)COC(=O)c1cnccn1. The molecule has 1 heterocycles. The molecular formula is C9H10N4O4. The zero-order valence-electron chi connectivity index (χ0n) is 8.97. The van der Waals surface area contributed by atoms with E-state index in [1.54, 1.807) is 0 Å². The van der Waals surface area contributed by atoms with Gasteiger partial charge < -0.3 is 4.74 Å². The van der Waals surface area contributed by atoms with Gasteiger partial charge >= 0.3 is 5.97 Å². The lowest BCUT2D eigenvalue weighted by Gasteiger charge is -2.05. The van der Waals surface area contributed by atoms with Crippen LogP contribution in [0.4, 0.5) is 0 Å². The second-order valence-corrected chi connectivity index (χ2v) is 2.90. The van der Waals surface area contributed by atoms with Crippen LogP contribution in [0.2, 0.25) is 0 Å². The first-order valence-corrected chi connectivity index (χ1v) is 4.58. The standard InChI is InChI=1S/C9H10N4O4/c1-6(14)12-13-8(15)5-17-9(16)7-4-10-2-3-11-7/h2-4H,5H2,1H3,(H,12,14)(H,13,15). The molecule has 0 spiro atoms. The van der Waals surface area contributed by atoms with Crippen LogP contribution in [-0.4, -0.2) is 34.4 Å². The minimum atomic E-state index is -0.768. The van der Waals surface area contributed by atoms with E-state index in [1.165, 1.54) is 25.5 Å². The highest BCUT2D eigenvalue weighted by molar-refractivity contribution is 5.89. The fourth-order valence-electron chi connectivity index (χ4n) is 0.803. The summed E-state index contributed by atoms with van der Waals surface area (Å²) in [4.78, 5) is 40.2. The molecule has 0 bridgehead atoms. The number of esters is 1. The third-order valence-corrected chi connectivity index (χ3v) is 1.48. The van der Waals surface area contributed by atoms with Crippen molar-refractivity contribution in [3.63, 3.8) is 0 Å². The van der Waals surface area contributed by atoms with Crippen LogP contribution in [0.25, 0.3) is 0 Å². The number of nitrogens with one attached hydrogen (secondary N) is 2. The Balaban J connectivity index is 2.34. The van der Waals surface area contributed by atoms with Crippen LogP contribution >= 0.6 is 0 Å². The minimum absolute atomic E-state index is 0.000160. The molecule has 0 unspecified atom stereocenters. The zero-order chi connectivity index (χ0) is 12.7. The van der Waals surface area contributed by atoms with E-state index < -0.39 is 24.4 Å². The number of carbonyl (C=O) groups excluding carboxylic acids is 3. The summed E-state index contributed by atoms with van der Waals surface area (Å²) in [6, 6.07) is 0. The van der Waals surface area contributed by atoms with Crippen molar-refractivity contribution in [3.8, 4) is 0 Å². The summed E-state index contributed by atoms with van der Waals surface area (Å²) in [6.07, 6.45) is 3.95. The van der Waals surface area contributed by atoms with E-state index >= 15 is 0 Å². The van der Waals surface area contributed by atoms with Crippen molar-refractivity contribution in [2.45, 2.75) is 6.92 Å². The predicted octanol–water partition coefficient (Wildman–Crippen LogP) is -1.20. The number of amides is 2. The Morgan fingerprint density at radius 3 is 2.65 bits per heavy atom. The van der Waals surface area contributed by atoms with Crippen LogP contribution in [0.15, 0.2) is 18.6 Å². The first-order valence-electron chi connectivity index (χ1n) is 4.58. The number of aromatic nitrogens is 2. The minimum Gasteiger partial charge on any atom is -0.451 e. The van der Waals surface area contributed by atoms with Gasteiger partial charge in [-0.1, -0.05) is 0 Å². The molecule has 8 heteroatoms. The van der Waals surface area contributed by atoms with Gasteiger partial charge in [-0.2, -0.15) is 0 Å². The summed E-state index contributed by atoms with van der Waals surface area (Å²) in [5.41, 5.74) is 4.09. The van der Waals surface area contributed by atoms with E-state index in [-0.39, 0.29) is 5.69 Å². The van der Waals surface area contributed by atoms with Gasteiger partial charge in [-0.15, -0.1) is 0 Å². The Morgan fingerprint density at radius 2 is 2.06 bits per heavy atom. The van der Waals surface area contributed by atoms with Gasteiger partial charge in [0.15, 0.2) is 12.3 Å². The van der Waals surface area contributed by atoms with E-state index in [2.05, 4.69) is 20.1 Å². The number of ether oxygens (including phenoxy) is 1. The van der Waals surface area contributed by atoms with Crippen LogP contribution in [0.3, 0.4) is 0 Å². The summed E-state index contributed by atoms with van der Waals surface area (Å²) in [5, 5.41) is 0. The summed E-state index contributed by atoms with van der Waals surface area (Å²) in [6.45, 7) is 0.710. The second-order valence-electron chi connectivity index (χ2n) is 2.90. The summed E-state index contributed by atoms with van der Waals surface area (Å²) < 4.78 is 4.62. The normalized spacial score (nSPS) is 9.24. The number of hydrogen-bond acceptors (Lipinski definition) is 6. The quantitative estimate of drug-likeness (QED) is 0.505. The largest absolute Gasteiger partial charge is 0.451 e. The third-order valence-electron chi connectivity index (χ3n) is 1.48. The second kappa shape index (κ2) is 6.16. The zero-order valence-corrected chi connectivity index (χ0v) is 8.97. The van der Waals surface area contributed by atoms with Crippen LogP contribution in [0, 0.1) is 0 Å². The molecular weight excluding hydrogens is 228 g/mol. The molecule has 8 nitrogen and oxygen atoms in total. The molecule has 0 saturated heterocycles. The lowest BCUT2D eigenvalue weighted by Crippen LogP contribution is -2.42. The molecule has 0 radical (unpaired) electrons. The topological polar surface area (TPSA) is 110 Å². The number of hydrazine groups is 1. The maximum Gasteiger partial charge on any atom is 0.359 e. The highest BCUT2D eigenvalue weighted by Gasteiger charge is 2.11. The first-order chi connectivity index (χ1) is 8.09. The van der Waals surface area contributed by atoms with Gasteiger partial charge in [0.05, 0.1) is 6.20 Å². The Kier molecular flexibility index (Phi) is 4.55. The van der Waals surface area contributed by atoms with Crippen molar-refractivity contribution in [2.24, 2.45) is 0 Å². The van der Waals surface area contributed by atoms with Crippen molar-refractivity contribution in [1.82, 2.24) is 20.8 Å². The van der Waals surface area contributed by atoms with Crippen LogP contribution in [-0.2, 0) is 14.3 Å². The maximum absolute atomic E-state index is 11.3.